The summed E-state index contributed by atoms with van der Waals surface area (Å²) in [4.78, 5) is 0. The molecule has 0 radical (unpaired) electrons. The molecule has 0 spiro atoms. The van der Waals surface area contributed by atoms with Gasteiger partial charge in [-0.2, -0.15) is 5.10 Å². The number of H-pyrrole nitrogens is 1. The predicted molar refractivity (Wildman–Crippen MR) is 54.0 cm³/mol. The molecule has 3 N–H and O–H groups in total. The van der Waals surface area contributed by atoms with Crippen LogP contribution in [0.1, 0.15) is 17.8 Å². The molecule has 1 aliphatic rings. The van der Waals surface area contributed by atoms with Crippen molar-refractivity contribution in [3.63, 3.8) is 0 Å². The van der Waals surface area contributed by atoms with Crippen LogP contribution >= 0.6 is 0 Å². The largest absolute Gasteiger partial charge is 0.392 e. The number of hydrogen-bond donors (Lipinski definition) is 3. The maximum atomic E-state index is 9.74. The quantitative estimate of drug-likeness (QED) is 0.633. The van der Waals surface area contributed by atoms with Gasteiger partial charge in [-0.25, -0.2) is 0 Å². The number of aromatic amines is 1. The second-order valence-electron chi connectivity index (χ2n) is 4.07. The monoisotopic (exact) mass is 195 g/mol. The minimum atomic E-state index is -0.222. The first-order chi connectivity index (χ1) is 6.75. The summed E-state index contributed by atoms with van der Waals surface area (Å²) >= 11 is 0. The molecular weight excluding hydrogens is 178 g/mol. The van der Waals surface area contributed by atoms with Crippen molar-refractivity contribution in [2.45, 2.75) is 25.9 Å². The minimum Gasteiger partial charge on any atom is -0.392 e. The van der Waals surface area contributed by atoms with Crippen LogP contribution in [0.25, 0.3) is 0 Å². The zero-order valence-electron chi connectivity index (χ0n) is 8.45. The molecule has 0 aromatic carbocycles. The highest BCUT2D eigenvalue weighted by Gasteiger charge is 2.23. The van der Waals surface area contributed by atoms with Crippen LogP contribution in [-0.2, 0) is 6.42 Å². The smallest absolute Gasteiger partial charge is 0.0696 e. The van der Waals surface area contributed by atoms with Crippen molar-refractivity contribution in [1.82, 2.24) is 15.5 Å². The Bertz CT molecular complexity index is 297. The molecule has 78 valence electrons. The molecule has 2 heterocycles. The fourth-order valence-corrected chi connectivity index (χ4v) is 1.98. The Hall–Kier alpha value is -0.870. The standard InChI is InChI=1S/C10H17N3O/c1-7-4-9(13-12-7)5-8-2-3-11-6-10(8)14/h4,8,10-11,14H,2-3,5-6H2,1H3,(H,12,13). The van der Waals surface area contributed by atoms with Crippen LogP contribution in [0.4, 0.5) is 0 Å². The van der Waals surface area contributed by atoms with Gasteiger partial charge in [0.05, 0.1) is 11.8 Å². The van der Waals surface area contributed by atoms with Crippen LogP contribution in [-0.4, -0.2) is 34.5 Å². The molecule has 0 bridgehead atoms. The van der Waals surface area contributed by atoms with Gasteiger partial charge in [-0.15, -0.1) is 0 Å². The molecule has 1 saturated heterocycles. The Kier molecular flexibility index (Phi) is 2.84. The molecule has 14 heavy (non-hydrogen) atoms. The SMILES string of the molecule is Cc1cc(CC2CCNCC2O)n[nH]1. The Morgan fingerprint density at radius 2 is 2.50 bits per heavy atom. The van der Waals surface area contributed by atoms with E-state index in [2.05, 4.69) is 21.6 Å². The number of aliphatic hydroxyl groups excluding tert-OH is 1. The third kappa shape index (κ3) is 2.13. The Morgan fingerprint density at radius 3 is 3.14 bits per heavy atom. The molecule has 1 fully saturated rings. The maximum Gasteiger partial charge on any atom is 0.0696 e. The van der Waals surface area contributed by atoms with Gasteiger partial charge in [-0.1, -0.05) is 0 Å². The van der Waals surface area contributed by atoms with Gasteiger partial charge < -0.3 is 10.4 Å². The first kappa shape index (κ1) is 9.68. The normalized spacial score (nSPS) is 27.9. The molecule has 2 unspecified atom stereocenters. The van der Waals surface area contributed by atoms with E-state index in [9.17, 15) is 5.11 Å². The fraction of sp³-hybridized carbons (Fsp3) is 0.700. The minimum absolute atomic E-state index is 0.222. The first-order valence-corrected chi connectivity index (χ1v) is 5.15. The number of aliphatic hydroxyl groups is 1. The molecule has 1 aliphatic heterocycles. The summed E-state index contributed by atoms with van der Waals surface area (Å²) in [5.41, 5.74) is 2.15. The summed E-state index contributed by atoms with van der Waals surface area (Å²) in [5, 5.41) is 20.0. The molecule has 2 rings (SSSR count). The summed E-state index contributed by atoms with van der Waals surface area (Å²) in [6.45, 7) is 3.72. The summed E-state index contributed by atoms with van der Waals surface area (Å²) in [5.74, 6) is 0.360. The number of aryl methyl sites for hydroxylation is 1. The van der Waals surface area contributed by atoms with Crippen LogP contribution in [0.2, 0.25) is 0 Å². The number of nitrogens with one attached hydrogen (secondary N) is 2. The lowest BCUT2D eigenvalue weighted by atomic mass is 9.90. The third-order valence-electron chi connectivity index (χ3n) is 2.82. The van der Waals surface area contributed by atoms with E-state index in [1.165, 1.54) is 0 Å². The zero-order chi connectivity index (χ0) is 9.97. The van der Waals surface area contributed by atoms with Crippen molar-refractivity contribution in [3.05, 3.63) is 17.5 Å². The van der Waals surface area contributed by atoms with Crippen LogP contribution < -0.4 is 5.32 Å². The average molecular weight is 195 g/mol. The Labute approximate surface area is 83.7 Å². The van der Waals surface area contributed by atoms with Crippen LogP contribution in [0.15, 0.2) is 6.07 Å². The van der Waals surface area contributed by atoms with Crippen molar-refractivity contribution in [2.75, 3.05) is 13.1 Å². The Balaban J connectivity index is 1.95. The second-order valence-corrected chi connectivity index (χ2v) is 4.07. The highest BCUT2D eigenvalue weighted by Crippen LogP contribution is 2.17. The maximum absolute atomic E-state index is 9.74. The van der Waals surface area contributed by atoms with E-state index in [-0.39, 0.29) is 6.10 Å². The summed E-state index contributed by atoms with van der Waals surface area (Å²) < 4.78 is 0. The predicted octanol–water partition coefficient (Wildman–Crippen LogP) is 0.231. The van der Waals surface area contributed by atoms with E-state index >= 15 is 0 Å². The van der Waals surface area contributed by atoms with Gasteiger partial charge in [-0.3, -0.25) is 5.10 Å². The van der Waals surface area contributed by atoms with E-state index in [4.69, 9.17) is 0 Å². The second kappa shape index (κ2) is 4.11. The van der Waals surface area contributed by atoms with E-state index in [0.717, 1.165) is 30.8 Å². The summed E-state index contributed by atoms with van der Waals surface area (Å²) in [7, 11) is 0. The van der Waals surface area contributed by atoms with Crippen LogP contribution in [0.3, 0.4) is 0 Å². The van der Waals surface area contributed by atoms with Gasteiger partial charge in [0.25, 0.3) is 0 Å². The van der Waals surface area contributed by atoms with E-state index in [1.54, 1.807) is 0 Å². The lowest BCUT2D eigenvalue weighted by Gasteiger charge is -2.27. The molecule has 0 aliphatic carbocycles. The number of nitrogens with zero attached hydrogens (tertiary/aromatic N) is 1. The molecular formula is C10H17N3O. The summed E-state index contributed by atoms with van der Waals surface area (Å²) in [6, 6.07) is 2.05. The topological polar surface area (TPSA) is 60.9 Å². The molecule has 1 aromatic rings. The first-order valence-electron chi connectivity index (χ1n) is 5.15. The fourth-order valence-electron chi connectivity index (χ4n) is 1.98. The zero-order valence-corrected chi connectivity index (χ0v) is 8.45. The van der Waals surface area contributed by atoms with Crippen molar-refractivity contribution in [3.8, 4) is 0 Å². The molecule has 4 nitrogen and oxygen atoms in total. The van der Waals surface area contributed by atoms with Crippen molar-refractivity contribution >= 4 is 0 Å². The van der Waals surface area contributed by atoms with Gasteiger partial charge in [-0.05, 0) is 38.3 Å². The molecule has 2 atom stereocenters. The number of aromatic nitrogens is 2. The lowest BCUT2D eigenvalue weighted by molar-refractivity contribution is 0.0815. The third-order valence-corrected chi connectivity index (χ3v) is 2.82. The summed E-state index contributed by atoms with van der Waals surface area (Å²) in [6.07, 6.45) is 1.70. The van der Waals surface area contributed by atoms with Crippen molar-refractivity contribution in [2.24, 2.45) is 5.92 Å². The lowest BCUT2D eigenvalue weighted by Crippen LogP contribution is -2.41. The van der Waals surface area contributed by atoms with Gasteiger partial charge in [0, 0.05) is 12.2 Å². The highest BCUT2D eigenvalue weighted by molar-refractivity contribution is 5.08. The van der Waals surface area contributed by atoms with Gasteiger partial charge >= 0.3 is 0 Å². The molecule has 1 aromatic heterocycles. The van der Waals surface area contributed by atoms with Crippen LogP contribution in [0.5, 0.6) is 0 Å². The van der Waals surface area contributed by atoms with Gasteiger partial charge in [0.15, 0.2) is 0 Å². The molecule has 4 heteroatoms. The van der Waals surface area contributed by atoms with Crippen molar-refractivity contribution in [1.29, 1.82) is 0 Å². The average Bonchev–Trinajstić information content (AvgIpc) is 2.56. The molecule has 0 saturated carbocycles. The van der Waals surface area contributed by atoms with Crippen molar-refractivity contribution < 1.29 is 5.11 Å². The number of piperidine rings is 1. The number of β-amino-alcohol motifs (C(OH)–C–C–N with tert-alkyl or cyclic N) is 1. The number of rotatable bonds is 2. The van der Waals surface area contributed by atoms with Gasteiger partial charge in [0.2, 0.25) is 0 Å². The van der Waals surface area contributed by atoms with Crippen LogP contribution in [0, 0.1) is 12.8 Å². The Morgan fingerprint density at radius 1 is 1.64 bits per heavy atom. The highest BCUT2D eigenvalue weighted by atomic mass is 16.3. The van der Waals surface area contributed by atoms with E-state index < -0.39 is 0 Å². The van der Waals surface area contributed by atoms with E-state index in [1.807, 2.05) is 6.92 Å². The van der Waals surface area contributed by atoms with Gasteiger partial charge in [0.1, 0.15) is 0 Å². The molecule has 0 amide bonds. The number of hydrogen-bond acceptors (Lipinski definition) is 3. The van der Waals surface area contributed by atoms with E-state index in [0.29, 0.717) is 12.5 Å².